The molecular formula is C5H6N4OS. The molecule has 0 spiro atoms. The van der Waals surface area contributed by atoms with Crippen molar-refractivity contribution >= 4 is 23.9 Å². The molecule has 5 nitrogen and oxygen atoms in total. The molecule has 11 heavy (non-hydrogen) atoms. The first kappa shape index (κ1) is 7.67. The number of nitrogens with one attached hydrogen (secondary N) is 1. The van der Waals surface area contributed by atoms with Gasteiger partial charge in [0, 0.05) is 6.20 Å². The lowest BCUT2D eigenvalue weighted by Gasteiger charge is -1.97. The molecule has 0 fully saturated rings. The Kier molecular flexibility index (Phi) is 1.86. The van der Waals surface area contributed by atoms with E-state index in [0.29, 0.717) is 0 Å². The number of aromatic amines is 1. The quantitative estimate of drug-likeness (QED) is 0.509. The topological polar surface area (TPSA) is 97.8 Å². The van der Waals surface area contributed by atoms with Crippen LogP contribution in [0, 0.1) is 4.77 Å². The van der Waals surface area contributed by atoms with E-state index in [1.165, 1.54) is 6.20 Å². The van der Waals surface area contributed by atoms with Gasteiger partial charge in [0.05, 0.1) is 5.56 Å². The van der Waals surface area contributed by atoms with Crippen molar-refractivity contribution in [3.8, 4) is 0 Å². The van der Waals surface area contributed by atoms with Gasteiger partial charge in [0.15, 0.2) is 4.77 Å². The Morgan fingerprint density at radius 1 is 1.73 bits per heavy atom. The maximum Gasteiger partial charge on any atom is 0.253 e. The molecule has 0 aromatic carbocycles. The monoisotopic (exact) mass is 170 g/mol. The molecule has 58 valence electrons. The van der Waals surface area contributed by atoms with Crippen molar-refractivity contribution in [3.63, 3.8) is 0 Å². The number of anilines is 1. The predicted octanol–water partition coefficient (Wildman–Crippen LogP) is -0.180. The van der Waals surface area contributed by atoms with Crippen molar-refractivity contribution < 1.29 is 4.79 Å². The molecule has 0 bridgehead atoms. The molecule has 6 heteroatoms. The summed E-state index contributed by atoms with van der Waals surface area (Å²) in [6, 6.07) is 0. The van der Waals surface area contributed by atoms with Crippen molar-refractivity contribution in [2.24, 2.45) is 5.73 Å². The van der Waals surface area contributed by atoms with E-state index in [4.69, 9.17) is 11.5 Å². The maximum atomic E-state index is 10.6. The number of nitrogens with zero attached hydrogens (tertiary/aromatic N) is 1. The normalized spacial score (nSPS) is 9.45. The van der Waals surface area contributed by atoms with Crippen LogP contribution in [0.5, 0.6) is 0 Å². The molecular weight excluding hydrogens is 164 g/mol. The lowest BCUT2D eigenvalue weighted by molar-refractivity contribution is 0.100. The predicted molar refractivity (Wildman–Crippen MR) is 42.4 cm³/mol. The van der Waals surface area contributed by atoms with Crippen LogP contribution in [-0.4, -0.2) is 15.9 Å². The number of aromatic nitrogens is 2. The lowest BCUT2D eigenvalue weighted by Crippen LogP contribution is -2.14. The highest BCUT2D eigenvalue weighted by molar-refractivity contribution is 7.71. The second-order valence-corrected chi connectivity index (χ2v) is 2.27. The van der Waals surface area contributed by atoms with Gasteiger partial charge in [-0.05, 0) is 12.2 Å². The summed E-state index contributed by atoms with van der Waals surface area (Å²) in [4.78, 5) is 16.7. The molecule has 1 rings (SSSR count). The Morgan fingerprint density at radius 2 is 2.36 bits per heavy atom. The number of rotatable bonds is 1. The summed E-state index contributed by atoms with van der Waals surface area (Å²) in [5.74, 6) is -0.473. The fourth-order valence-corrected chi connectivity index (χ4v) is 0.767. The molecule has 1 amide bonds. The van der Waals surface area contributed by atoms with Crippen LogP contribution in [0.1, 0.15) is 10.4 Å². The summed E-state index contributed by atoms with van der Waals surface area (Å²) in [5.41, 5.74) is 10.5. The van der Waals surface area contributed by atoms with Crippen LogP contribution in [0.4, 0.5) is 5.82 Å². The minimum atomic E-state index is -0.624. The summed E-state index contributed by atoms with van der Waals surface area (Å²) in [5, 5.41) is 0. The van der Waals surface area contributed by atoms with Gasteiger partial charge in [-0.15, -0.1) is 0 Å². The largest absolute Gasteiger partial charge is 0.384 e. The summed E-state index contributed by atoms with van der Waals surface area (Å²) in [7, 11) is 0. The molecule has 0 aliphatic heterocycles. The van der Waals surface area contributed by atoms with Crippen molar-refractivity contribution in [2.75, 3.05) is 5.73 Å². The van der Waals surface area contributed by atoms with Gasteiger partial charge in [0.25, 0.3) is 5.91 Å². The summed E-state index contributed by atoms with van der Waals surface area (Å²) >= 11 is 4.65. The smallest absolute Gasteiger partial charge is 0.253 e. The number of carbonyl (C=O) groups excluding carboxylic acids is 1. The molecule has 0 aliphatic rings. The van der Waals surface area contributed by atoms with Crippen LogP contribution in [0.25, 0.3) is 0 Å². The van der Waals surface area contributed by atoms with Gasteiger partial charge in [-0.2, -0.15) is 0 Å². The Morgan fingerprint density at radius 3 is 2.82 bits per heavy atom. The first-order chi connectivity index (χ1) is 5.11. The van der Waals surface area contributed by atoms with Crippen molar-refractivity contribution in [1.29, 1.82) is 0 Å². The second kappa shape index (κ2) is 2.67. The van der Waals surface area contributed by atoms with Gasteiger partial charge in [-0.3, -0.25) is 4.79 Å². The minimum absolute atomic E-state index is 0.150. The zero-order chi connectivity index (χ0) is 8.43. The minimum Gasteiger partial charge on any atom is -0.384 e. The fraction of sp³-hybridized carbons (Fsp3) is 0. The summed E-state index contributed by atoms with van der Waals surface area (Å²) < 4.78 is 0.229. The van der Waals surface area contributed by atoms with E-state index in [2.05, 4.69) is 22.2 Å². The summed E-state index contributed by atoms with van der Waals surface area (Å²) in [6.07, 6.45) is 1.25. The molecule has 0 saturated carbocycles. The van der Waals surface area contributed by atoms with Crippen LogP contribution in [-0.2, 0) is 0 Å². The molecule has 1 aromatic heterocycles. The van der Waals surface area contributed by atoms with Gasteiger partial charge >= 0.3 is 0 Å². The zero-order valence-electron chi connectivity index (χ0n) is 5.50. The molecule has 0 saturated heterocycles. The van der Waals surface area contributed by atoms with Crippen LogP contribution >= 0.6 is 12.2 Å². The number of hydrogen-bond acceptors (Lipinski definition) is 4. The Bertz CT molecular complexity index is 345. The van der Waals surface area contributed by atoms with E-state index >= 15 is 0 Å². The first-order valence-electron chi connectivity index (χ1n) is 2.76. The van der Waals surface area contributed by atoms with E-state index in [9.17, 15) is 4.79 Å². The molecule has 1 heterocycles. The number of hydrogen-bond donors (Lipinski definition) is 3. The van der Waals surface area contributed by atoms with E-state index in [1.807, 2.05) is 0 Å². The van der Waals surface area contributed by atoms with E-state index in [0.717, 1.165) is 0 Å². The average molecular weight is 170 g/mol. The van der Waals surface area contributed by atoms with Gasteiger partial charge in [-0.1, -0.05) is 0 Å². The van der Waals surface area contributed by atoms with Gasteiger partial charge < -0.3 is 16.5 Å². The molecule has 5 N–H and O–H groups in total. The third kappa shape index (κ3) is 1.53. The highest BCUT2D eigenvalue weighted by Crippen LogP contribution is 2.03. The Hall–Kier alpha value is -1.43. The third-order valence-corrected chi connectivity index (χ3v) is 1.32. The highest BCUT2D eigenvalue weighted by Gasteiger charge is 2.04. The number of nitrogens with two attached hydrogens (primary N) is 2. The SMILES string of the molecule is NC(=O)c1cnc(=S)[nH]c1N. The fourth-order valence-electron chi connectivity index (χ4n) is 0.604. The lowest BCUT2D eigenvalue weighted by atomic mass is 10.3. The summed E-state index contributed by atoms with van der Waals surface area (Å²) in [6.45, 7) is 0. The van der Waals surface area contributed by atoms with Crippen LogP contribution in [0.2, 0.25) is 0 Å². The number of amides is 1. The molecule has 1 aromatic rings. The third-order valence-electron chi connectivity index (χ3n) is 1.11. The van der Waals surface area contributed by atoms with Gasteiger partial charge in [0.1, 0.15) is 5.82 Å². The number of H-pyrrole nitrogens is 1. The number of primary amides is 1. The Balaban J connectivity index is 3.31. The highest BCUT2D eigenvalue weighted by atomic mass is 32.1. The van der Waals surface area contributed by atoms with Gasteiger partial charge in [-0.25, -0.2) is 4.98 Å². The van der Waals surface area contributed by atoms with Crippen LogP contribution in [0.15, 0.2) is 6.20 Å². The molecule has 0 atom stereocenters. The molecule has 0 unspecified atom stereocenters. The van der Waals surface area contributed by atoms with Crippen molar-refractivity contribution in [3.05, 3.63) is 16.5 Å². The zero-order valence-corrected chi connectivity index (χ0v) is 6.31. The molecule has 0 radical (unpaired) electrons. The number of carbonyl (C=O) groups is 1. The van der Waals surface area contributed by atoms with E-state index < -0.39 is 5.91 Å². The van der Waals surface area contributed by atoms with Crippen molar-refractivity contribution in [2.45, 2.75) is 0 Å². The first-order valence-corrected chi connectivity index (χ1v) is 3.16. The average Bonchev–Trinajstić information content (AvgIpc) is 1.85. The maximum absolute atomic E-state index is 10.6. The second-order valence-electron chi connectivity index (χ2n) is 1.88. The Labute approximate surface area is 67.4 Å². The van der Waals surface area contributed by atoms with Crippen molar-refractivity contribution in [1.82, 2.24) is 9.97 Å². The van der Waals surface area contributed by atoms with Crippen LogP contribution in [0.3, 0.4) is 0 Å². The van der Waals surface area contributed by atoms with E-state index in [1.54, 1.807) is 0 Å². The molecule has 0 aliphatic carbocycles. The standard InChI is InChI=1S/C5H6N4OS/c6-3-2(4(7)10)1-8-5(11)9-3/h1H,(H2,7,10)(H3,6,8,9,11). The van der Waals surface area contributed by atoms with E-state index in [-0.39, 0.29) is 16.2 Å². The van der Waals surface area contributed by atoms with Gasteiger partial charge in [0.2, 0.25) is 0 Å². The van der Waals surface area contributed by atoms with Crippen LogP contribution < -0.4 is 11.5 Å². The number of nitrogen functional groups attached to an aromatic ring is 1.